The molecule has 0 bridgehead atoms. The predicted octanol–water partition coefficient (Wildman–Crippen LogP) is 0.375. The van der Waals surface area contributed by atoms with Gasteiger partial charge in [0.05, 0.1) is 6.04 Å². The third kappa shape index (κ3) is 3.29. The first-order valence-electron chi connectivity index (χ1n) is 5.01. The van der Waals surface area contributed by atoms with E-state index in [1.54, 1.807) is 14.1 Å². The van der Waals surface area contributed by atoms with E-state index in [9.17, 15) is 13.2 Å². The number of nitrogens with zero attached hydrogens (tertiary/aromatic N) is 2. The zero-order chi connectivity index (χ0) is 13.9. The lowest BCUT2D eigenvalue weighted by atomic mass is 10.3. The highest BCUT2D eigenvalue weighted by Gasteiger charge is 2.24. The Morgan fingerprint density at radius 3 is 2.56 bits per heavy atom. The Morgan fingerprint density at radius 1 is 1.50 bits per heavy atom. The second kappa shape index (κ2) is 5.48. The van der Waals surface area contributed by atoms with Crippen LogP contribution in [0.4, 0.5) is 0 Å². The number of carbonyl (C=O) groups is 1. The fourth-order valence-corrected chi connectivity index (χ4v) is 3.57. The summed E-state index contributed by atoms with van der Waals surface area (Å²) in [7, 11) is -0.662. The Balaban J connectivity index is 2.89. The summed E-state index contributed by atoms with van der Waals surface area (Å²) in [5.41, 5.74) is 0. The van der Waals surface area contributed by atoms with E-state index in [2.05, 4.69) is 4.72 Å². The van der Waals surface area contributed by atoms with Crippen LogP contribution in [0.2, 0.25) is 0 Å². The molecule has 18 heavy (non-hydrogen) atoms. The second-order valence-corrected chi connectivity index (χ2v) is 6.83. The first-order valence-corrected chi connectivity index (χ1v) is 7.31. The quantitative estimate of drug-likeness (QED) is 0.866. The van der Waals surface area contributed by atoms with E-state index in [-0.39, 0.29) is 10.1 Å². The van der Waals surface area contributed by atoms with Crippen molar-refractivity contribution in [3.8, 4) is 6.07 Å². The summed E-state index contributed by atoms with van der Waals surface area (Å²) in [5, 5.41) is 8.64. The molecule has 0 fully saturated rings. The smallest absolute Gasteiger partial charge is 0.250 e. The standard InChI is InChI=1S/C10H13N3O3S2/c1-7(10(14)13(2)3)12-18(15,16)9-5-4-8(6-11)17-9/h4-5,7,12H,1-3H3. The van der Waals surface area contributed by atoms with Crippen LogP contribution in [-0.4, -0.2) is 39.4 Å². The molecule has 1 amide bonds. The molecule has 0 saturated carbocycles. The van der Waals surface area contributed by atoms with Crippen molar-refractivity contribution in [3.63, 3.8) is 0 Å². The highest BCUT2D eigenvalue weighted by Crippen LogP contribution is 2.20. The molecule has 1 N–H and O–H groups in total. The van der Waals surface area contributed by atoms with Gasteiger partial charge in [-0.1, -0.05) is 0 Å². The van der Waals surface area contributed by atoms with Gasteiger partial charge in [0, 0.05) is 14.1 Å². The number of carbonyl (C=O) groups excluding carboxylic acids is 1. The van der Waals surface area contributed by atoms with Crippen LogP contribution in [0.1, 0.15) is 11.8 Å². The number of nitriles is 1. The molecule has 1 rings (SSSR count). The van der Waals surface area contributed by atoms with Crippen molar-refractivity contribution in [3.05, 3.63) is 17.0 Å². The topological polar surface area (TPSA) is 90.3 Å². The molecule has 1 heterocycles. The molecule has 98 valence electrons. The molecule has 1 aromatic rings. The Bertz CT molecular complexity index is 584. The summed E-state index contributed by atoms with van der Waals surface area (Å²) in [6, 6.07) is 3.79. The highest BCUT2D eigenvalue weighted by atomic mass is 32.2. The molecule has 0 aliphatic carbocycles. The molecular weight excluding hydrogens is 274 g/mol. The van der Waals surface area contributed by atoms with E-state index >= 15 is 0 Å². The largest absolute Gasteiger partial charge is 0.347 e. The number of hydrogen-bond acceptors (Lipinski definition) is 5. The number of sulfonamides is 1. The number of nitrogens with one attached hydrogen (secondary N) is 1. The van der Waals surface area contributed by atoms with Crippen LogP contribution in [0.25, 0.3) is 0 Å². The van der Waals surface area contributed by atoms with Gasteiger partial charge in [0.15, 0.2) is 0 Å². The molecule has 0 spiro atoms. The minimum atomic E-state index is -3.76. The normalized spacial score (nSPS) is 12.8. The predicted molar refractivity (Wildman–Crippen MR) is 67.5 cm³/mol. The number of rotatable bonds is 4. The van der Waals surface area contributed by atoms with Crippen LogP contribution in [-0.2, 0) is 14.8 Å². The van der Waals surface area contributed by atoms with Crippen LogP contribution in [0.5, 0.6) is 0 Å². The summed E-state index contributed by atoms with van der Waals surface area (Å²) in [6.07, 6.45) is 0. The van der Waals surface area contributed by atoms with Gasteiger partial charge in [-0.2, -0.15) is 9.98 Å². The van der Waals surface area contributed by atoms with E-state index < -0.39 is 16.1 Å². The summed E-state index contributed by atoms with van der Waals surface area (Å²) in [6.45, 7) is 1.47. The van der Waals surface area contributed by atoms with E-state index in [4.69, 9.17) is 5.26 Å². The third-order valence-corrected chi connectivity index (χ3v) is 5.12. The van der Waals surface area contributed by atoms with E-state index in [1.165, 1.54) is 24.0 Å². The zero-order valence-corrected chi connectivity index (χ0v) is 11.8. The van der Waals surface area contributed by atoms with Crippen molar-refractivity contribution < 1.29 is 13.2 Å². The molecule has 0 saturated heterocycles. The summed E-state index contributed by atoms with van der Waals surface area (Å²) < 4.78 is 26.1. The van der Waals surface area contributed by atoms with Crippen LogP contribution in [0.3, 0.4) is 0 Å². The average molecular weight is 287 g/mol. The molecule has 6 nitrogen and oxygen atoms in total. The lowest BCUT2D eigenvalue weighted by Crippen LogP contribution is -2.43. The van der Waals surface area contributed by atoms with Crippen LogP contribution >= 0.6 is 11.3 Å². The molecule has 1 atom stereocenters. The minimum absolute atomic E-state index is 0.0254. The van der Waals surface area contributed by atoms with Gasteiger partial charge in [0.25, 0.3) is 10.0 Å². The van der Waals surface area contributed by atoms with Crippen molar-refractivity contribution in [1.82, 2.24) is 9.62 Å². The van der Waals surface area contributed by atoms with Crippen LogP contribution in [0, 0.1) is 11.3 Å². The lowest BCUT2D eigenvalue weighted by Gasteiger charge is -2.17. The van der Waals surface area contributed by atoms with Crippen molar-refractivity contribution in [2.75, 3.05) is 14.1 Å². The van der Waals surface area contributed by atoms with Gasteiger partial charge in [-0.15, -0.1) is 11.3 Å². The Hall–Kier alpha value is -1.43. The first kappa shape index (κ1) is 14.6. The maximum absolute atomic E-state index is 11.9. The Morgan fingerprint density at radius 2 is 2.11 bits per heavy atom. The van der Waals surface area contributed by atoms with Gasteiger partial charge in [-0.3, -0.25) is 4.79 Å². The van der Waals surface area contributed by atoms with Crippen molar-refractivity contribution >= 4 is 27.3 Å². The van der Waals surface area contributed by atoms with Gasteiger partial charge >= 0.3 is 0 Å². The molecule has 8 heteroatoms. The molecule has 0 aromatic carbocycles. The summed E-state index contributed by atoms with van der Waals surface area (Å²) in [5.74, 6) is -0.337. The van der Waals surface area contributed by atoms with Crippen LogP contribution in [0.15, 0.2) is 16.3 Å². The van der Waals surface area contributed by atoms with Crippen molar-refractivity contribution in [1.29, 1.82) is 5.26 Å². The molecule has 0 aliphatic rings. The van der Waals surface area contributed by atoms with Crippen molar-refractivity contribution in [2.24, 2.45) is 0 Å². The SMILES string of the molecule is CC(NS(=O)(=O)c1ccc(C#N)s1)C(=O)N(C)C. The Kier molecular flexibility index (Phi) is 4.45. The van der Waals surface area contributed by atoms with E-state index in [1.807, 2.05) is 6.07 Å². The maximum Gasteiger partial charge on any atom is 0.250 e. The summed E-state index contributed by atoms with van der Waals surface area (Å²) >= 11 is 0.865. The fourth-order valence-electron chi connectivity index (χ4n) is 1.25. The van der Waals surface area contributed by atoms with Gasteiger partial charge < -0.3 is 4.90 Å². The zero-order valence-electron chi connectivity index (χ0n) is 10.2. The van der Waals surface area contributed by atoms with Crippen LogP contribution < -0.4 is 4.72 Å². The minimum Gasteiger partial charge on any atom is -0.347 e. The number of amides is 1. The Labute approximate surface area is 110 Å². The average Bonchev–Trinajstić information content (AvgIpc) is 2.76. The lowest BCUT2D eigenvalue weighted by molar-refractivity contribution is -0.130. The third-order valence-electron chi connectivity index (χ3n) is 2.10. The monoisotopic (exact) mass is 287 g/mol. The van der Waals surface area contributed by atoms with Gasteiger partial charge in [-0.25, -0.2) is 8.42 Å². The molecule has 0 radical (unpaired) electrons. The van der Waals surface area contributed by atoms with Gasteiger partial charge in [-0.05, 0) is 19.1 Å². The first-order chi connectivity index (χ1) is 8.27. The van der Waals surface area contributed by atoms with Gasteiger partial charge in [0.2, 0.25) is 5.91 Å². The molecule has 0 aliphatic heterocycles. The second-order valence-electron chi connectivity index (χ2n) is 3.81. The fraction of sp³-hybridized carbons (Fsp3) is 0.400. The highest BCUT2D eigenvalue weighted by molar-refractivity contribution is 7.91. The van der Waals surface area contributed by atoms with Crippen molar-refractivity contribution in [2.45, 2.75) is 17.2 Å². The van der Waals surface area contributed by atoms with Gasteiger partial charge in [0.1, 0.15) is 15.2 Å². The molecular formula is C10H13N3O3S2. The molecule has 1 unspecified atom stereocenters. The van der Waals surface area contributed by atoms with E-state index in [0.29, 0.717) is 4.88 Å². The maximum atomic E-state index is 11.9. The summed E-state index contributed by atoms with van der Waals surface area (Å²) in [4.78, 5) is 13.2. The molecule has 1 aromatic heterocycles. The number of hydrogen-bond donors (Lipinski definition) is 1. The number of likely N-dealkylation sites (N-methyl/N-ethyl adjacent to an activating group) is 1. The number of thiophene rings is 1. The van der Waals surface area contributed by atoms with E-state index in [0.717, 1.165) is 11.3 Å².